The lowest BCUT2D eigenvalue weighted by molar-refractivity contribution is 0.108. The van der Waals surface area contributed by atoms with Gasteiger partial charge in [0, 0.05) is 20.7 Å². The number of urea groups is 1. The van der Waals surface area contributed by atoms with E-state index in [1.807, 2.05) is 6.92 Å². The van der Waals surface area contributed by atoms with Crippen LogP contribution in [0, 0.1) is 5.92 Å². The molecule has 0 aliphatic heterocycles. The van der Waals surface area contributed by atoms with Crippen LogP contribution in [0.15, 0.2) is 0 Å². The number of nitrogens with zero attached hydrogens (tertiary/aromatic N) is 1. The van der Waals surface area contributed by atoms with Crippen LogP contribution in [-0.2, 0) is 4.74 Å². The Morgan fingerprint density at radius 3 is 2.36 bits per heavy atom. The quantitative estimate of drug-likeness (QED) is 0.730. The predicted molar refractivity (Wildman–Crippen MR) is 57.3 cm³/mol. The molecule has 14 heavy (non-hydrogen) atoms. The fraction of sp³-hybridized carbons (Fsp3) is 0.900. The number of rotatable bonds is 5. The van der Waals surface area contributed by atoms with Crippen LogP contribution >= 0.6 is 0 Å². The first kappa shape index (κ1) is 13.2. The first-order valence-corrected chi connectivity index (χ1v) is 5.04. The molecule has 4 heteroatoms. The third-order valence-electron chi connectivity index (χ3n) is 2.02. The van der Waals surface area contributed by atoms with E-state index >= 15 is 0 Å². The van der Waals surface area contributed by atoms with Crippen LogP contribution in [0.5, 0.6) is 0 Å². The van der Waals surface area contributed by atoms with E-state index in [2.05, 4.69) is 19.2 Å². The van der Waals surface area contributed by atoms with Crippen molar-refractivity contribution in [3.05, 3.63) is 0 Å². The molecule has 0 saturated heterocycles. The second-order valence-electron chi connectivity index (χ2n) is 3.85. The minimum Gasteiger partial charge on any atom is -0.380 e. The molecule has 84 valence electrons. The molecule has 0 radical (unpaired) electrons. The van der Waals surface area contributed by atoms with Crippen molar-refractivity contribution in [3.8, 4) is 0 Å². The van der Waals surface area contributed by atoms with Crippen molar-refractivity contribution in [3.63, 3.8) is 0 Å². The molecule has 0 saturated carbocycles. The van der Waals surface area contributed by atoms with Gasteiger partial charge in [0.15, 0.2) is 0 Å². The van der Waals surface area contributed by atoms with E-state index in [-0.39, 0.29) is 12.1 Å². The van der Waals surface area contributed by atoms with Crippen molar-refractivity contribution < 1.29 is 9.53 Å². The van der Waals surface area contributed by atoms with Gasteiger partial charge in [-0.05, 0) is 12.8 Å². The number of carbonyl (C=O) groups excluding carboxylic acids is 1. The number of hydrogen-bond donors (Lipinski definition) is 1. The molecule has 0 bridgehead atoms. The van der Waals surface area contributed by atoms with Crippen LogP contribution < -0.4 is 5.32 Å². The molecule has 1 atom stereocenters. The van der Waals surface area contributed by atoms with E-state index in [1.54, 1.807) is 14.1 Å². The molecule has 1 N–H and O–H groups in total. The second kappa shape index (κ2) is 6.65. The summed E-state index contributed by atoms with van der Waals surface area (Å²) in [6, 6.07) is 0.0215. The number of hydrogen-bond acceptors (Lipinski definition) is 2. The highest BCUT2D eigenvalue weighted by Crippen LogP contribution is 2.02. The Bertz CT molecular complexity index is 170. The largest absolute Gasteiger partial charge is 0.380 e. The normalized spacial score (nSPS) is 12.7. The van der Waals surface area contributed by atoms with Crippen LogP contribution in [0.3, 0.4) is 0 Å². The standard InChI is InChI=1S/C10H22N2O2/c1-6-14-7-9(8(2)3)11-10(13)12(4)5/h8-9H,6-7H2,1-5H3,(H,11,13). The summed E-state index contributed by atoms with van der Waals surface area (Å²) in [7, 11) is 3.46. The summed E-state index contributed by atoms with van der Waals surface area (Å²) in [5.41, 5.74) is 0. The lowest BCUT2D eigenvalue weighted by atomic mass is 10.1. The molecule has 0 spiro atoms. The fourth-order valence-corrected chi connectivity index (χ4v) is 0.933. The minimum absolute atomic E-state index is 0.0663. The SMILES string of the molecule is CCOCC(NC(=O)N(C)C)C(C)C. The van der Waals surface area contributed by atoms with Gasteiger partial charge in [0.2, 0.25) is 0 Å². The van der Waals surface area contributed by atoms with E-state index in [1.165, 1.54) is 4.90 Å². The van der Waals surface area contributed by atoms with Crippen LogP contribution in [-0.4, -0.2) is 44.3 Å². The molecule has 1 unspecified atom stereocenters. The summed E-state index contributed by atoms with van der Waals surface area (Å²) in [5.74, 6) is 0.380. The van der Waals surface area contributed by atoms with Gasteiger partial charge in [-0.15, -0.1) is 0 Å². The summed E-state index contributed by atoms with van der Waals surface area (Å²) in [4.78, 5) is 12.9. The number of amides is 2. The summed E-state index contributed by atoms with van der Waals surface area (Å²) >= 11 is 0. The summed E-state index contributed by atoms with van der Waals surface area (Å²) in [6.07, 6.45) is 0. The van der Waals surface area contributed by atoms with Gasteiger partial charge in [-0.1, -0.05) is 13.8 Å². The smallest absolute Gasteiger partial charge is 0.317 e. The van der Waals surface area contributed by atoms with E-state index in [0.717, 1.165) is 0 Å². The van der Waals surface area contributed by atoms with Gasteiger partial charge in [-0.2, -0.15) is 0 Å². The summed E-state index contributed by atoms with van der Waals surface area (Å²) in [5, 5.41) is 2.91. The molecule has 0 aliphatic carbocycles. The third kappa shape index (κ3) is 5.07. The molecule has 0 aromatic heterocycles. The van der Waals surface area contributed by atoms with Crippen LogP contribution in [0.1, 0.15) is 20.8 Å². The Hall–Kier alpha value is -0.770. The monoisotopic (exact) mass is 202 g/mol. The average Bonchev–Trinajstić information content (AvgIpc) is 2.10. The van der Waals surface area contributed by atoms with E-state index in [9.17, 15) is 4.79 Å². The number of ether oxygens (including phenoxy) is 1. The highest BCUT2D eigenvalue weighted by atomic mass is 16.5. The maximum absolute atomic E-state index is 11.4. The first-order chi connectivity index (χ1) is 6.49. The lowest BCUT2D eigenvalue weighted by Crippen LogP contribution is -2.46. The zero-order valence-corrected chi connectivity index (χ0v) is 9.83. The van der Waals surface area contributed by atoms with Crippen molar-refractivity contribution in [1.29, 1.82) is 0 Å². The van der Waals surface area contributed by atoms with Gasteiger partial charge in [0.25, 0.3) is 0 Å². The maximum atomic E-state index is 11.4. The van der Waals surface area contributed by atoms with Crippen molar-refractivity contribution >= 4 is 6.03 Å². The van der Waals surface area contributed by atoms with Gasteiger partial charge in [-0.25, -0.2) is 4.79 Å². The molecular weight excluding hydrogens is 180 g/mol. The van der Waals surface area contributed by atoms with E-state index in [0.29, 0.717) is 19.1 Å². The molecule has 0 aliphatic rings. The molecule has 4 nitrogen and oxygen atoms in total. The average molecular weight is 202 g/mol. The molecule has 0 heterocycles. The van der Waals surface area contributed by atoms with Gasteiger partial charge in [-0.3, -0.25) is 0 Å². The van der Waals surface area contributed by atoms with E-state index in [4.69, 9.17) is 4.74 Å². The van der Waals surface area contributed by atoms with Crippen molar-refractivity contribution in [2.45, 2.75) is 26.8 Å². The Kier molecular flexibility index (Phi) is 6.28. The topological polar surface area (TPSA) is 41.6 Å². The lowest BCUT2D eigenvalue weighted by Gasteiger charge is -2.24. The molecule has 0 fully saturated rings. The maximum Gasteiger partial charge on any atom is 0.317 e. The van der Waals surface area contributed by atoms with Gasteiger partial charge >= 0.3 is 6.03 Å². The van der Waals surface area contributed by atoms with Crippen LogP contribution in [0.4, 0.5) is 4.79 Å². The first-order valence-electron chi connectivity index (χ1n) is 5.04. The summed E-state index contributed by atoms with van der Waals surface area (Å²) < 4.78 is 5.30. The minimum atomic E-state index is -0.0663. The summed E-state index contributed by atoms with van der Waals surface area (Å²) in [6.45, 7) is 7.35. The Morgan fingerprint density at radius 1 is 1.43 bits per heavy atom. The van der Waals surface area contributed by atoms with Crippen molar-refractivity contribution in [1.82, 2.24) is 10.2 Å². The molecule has 0 aromatic rings. The van der Waals surface area contributed by atoms with Crippen molar-refractivity contribution in [2.75, 3.05) is 27.3 Å². The predicted octanol–water partition coefficient (Wildman–Crippen LogP) is 1.32. The zero-order chi connectivity index (χ0) is 11.1. The van der Waals surface area contributed by atoms with Crippen LogP contribution in [0.25, 0.3) is 0 Å². The number of nitrogens with one attached hydrogen (secondary N) is 1. The fourth-order valence-electron chi connectivity index (χ4n) is 0.933. The van der Waals surface area contributed by atoms with Gasteiger partial charge in [0.05, 0.1) is 12.6 Å². The Morgan fingerprint density at radius 2 is 2.00 bits per heavy atom. The zero-order valence-electron chi connectivity index (χ0n) is 9.83. The highest BCUT2D eigenvalue weighted by Gasteiger charge is 2.16. The third-order valence-corrected chi connectivity index (χ3v) is 2.02. The Balaban J connectivity index is 4.02. The molecule has 0 aromatic carbocycles. The van der Waals surface area contributed by atoms with E-state index < -0.39 is 0 Å². The highest BCUT2D eigenvalue weighted by molar-refractivity contribution is 5.73. The molecule has 2 amide bonds. The van der Waals surface area contributed by atoms with Gasteiger partial charge in [0.1, 0.15) is 0 Å². The Labute approximate surface area is 86.6 Å². The van der Waals surface area contributed by atoms with Gasteiger partial charge < -0.3 is 15.0 Å². The molecular formula is C10H22N2O2. The second-order valence-corrected chi connectivity index (χ2v) is 3.85. The number of carbonyl (C=O) groups is 1. The molecule has 0 rings (SSSR count). The van der Waals surface area contributed by atoms with Crippen LogP contribution in [0.2, 0.25) is 0 Å². The van der Waals surface area contributed by atoms with Crippen molar-refractivity contribution in [2.24, 2.45) is 5.92 Å².